The molecular weight excluding hydrogens is 382 g/mol. The molecule has 1 aliphatic rings. The summed E-state index contributed by atoms with van der Waals surface area (Å²) in [5.41, 5.74) is 2.65. The van der Waals surface area contributed by atoms with Crippen molar-refractivity contribution in [3.63, 3.8) is 0 Å². The maximum atomic E-state index is 13.4. The number of hydrogen-bond acceptors (Lipinski definition) is 4. The molecule has 0 saturated heterocycles. The molecule has 7 nitrogen and oxygen atoms in total. The van der Waals surface area contributed by atoms with Gasteiger partial charge in [0.2, 0.25) is 0 Å². The molecule has 0 unspecified atom stereocenters. The van der Waals surface area contributed by atoms with Crippen molar-refractivity contribution in [2.75, 3.05) is 33.2 Å². The van der Waals surface area contributed by atoms with Crippen molar-refractivity contribution in [3.8, 4) is 17.2 Å². The molecule has 0 fully saturated rings. The van der Waals surface area contributed by atoms with Crippen LogP contribution in [0.5, 0.6) is 17.2 Å². The highest BCUT2D eigenvalue weighted by molar-refractivity contribution is 5.92. The van der Waals surface area contributed by atoms with Crippen molar-refractivity contribution in [3.05, 3.63) is 72.1 Å². The van der Waals surface area contributed by atoms with E-state index in [0.717, 1.165) is 23.6 Å². The number of benzene rings is 2. The molecule has 1 aliphatic heterocycles. The Labute approximate surface area is 175 Å². The predicted molar refractivity (Wildman–Crippen MR) is 115 cm³/mol. The monoisotopic (exact) mass is 407 g/mol. The molecule has 0 aliphatic carbocycles. The lowest BCUT2D eigenvalue weighted by Gasteiger charge is -2.37. The third-order valence-corrected chi connectivity index (χ3v) is 5.38. The van der Waals surface area contributed by atoms with Gasteiger partial charge in [0.25, 0.3) is 0 Å². The lowest BCUT2D eigenvalue weighted by Crippen LogP contribution is -2.44. The highest BCUT2D eigenvalue weighted by Crippen LogP contribution is 2.37. The molecule has 4 rings (SSSR count). The van der Waals surface area contributed by atoms with Crippen LogP contribution in [-0.4, -0.2) is 43.4 Å². The number of amides is 2. The number of nitrogens with one attached hydrogen (secondary N) is 1. The number of rotatable bonds is 5. The fourth-order valence-electron chi connectivity index (χ4n) is 3.91. The summed E-state index contributed by atoms with van der Waals surface area (Å²) in [6.07, 6.45) is 2.05. The first-order valence-corrected chi connectivity index (χ1v) is 9.74. The number of urea groups is 1. The van der Waals surface area contributed by atoms with Gasteiger partial charge in [-0.2, -0.15) is 0 Å². The van der Waals surface area contributed by atoms with E-state index in [1.165, 1.54) is 0 Å². The number of fused-ring (bicyclic) bond motifs is 1. The summed E-state index contributed by atoms with van der Waals surface area (Å²) in [6.45, 7) is 1.31. The molecule has 2 heterocycles. The summed E-state index contributed by atoms with van der Waals surface area (Å²) in [7, 11) is 4.77. The van der Waals surface area contributed by atoms with Gasteiger partial charge < -0.3 is 29.0 Å². The summed E-state index contributed by atoms with van der Waals surface area (Å²) in [5.74, 6) is 1.84. The van der Waals surface area contributed by atoms with Crippen LogP contribution in [0.4, 0.5) is 10.5 Å². The quantitative estimate of drug-likeness (QED) is 0.690. The topological polar surface area (TPSA) is 65.0 Å². The number of methoxy groups -OCH3 is 3. The Balaban J connectivity index is 1.67. The standard InChI is InChI=1S/C23H25N3O4/c1-28-17-11-9-16(10-12-17)21-19-7-5-13-25(19)14-15-26(21)23(27)24-18-6-4-8-20(29-2)22(18)30-3/h4-13,21H,14-15H2,1-3H3,(H,24,27)/t21-/m0/s1. The van der Waals surface area contributed by atoms with Crippen molar-refractivity contribution < 1.29 is 19.0 Å². The molecule has 0 saturated carbocycles. The lowest BCUT2D eigenvalue weighted by atomic mass is 10.00. The van der Waals surface area contributed by atoms with E-state index in [1.54, 1.807) is 33.5 Å². The number of carbonyl (C=O) groups excluding carboxylic acids is 1. The fraction of sp³-hybridized carbons (Fsp3) is 0.261. The smallest absolute Gasteiger partial charge is 0.322 e. The minimum absolute atomic E-state index is 0.199. The van der Waals surface area contributed by atoms with Crippen LogP contribution in [0.25, 0.3) is 0 Å². The van der Waals surface area contributed by atoms with Gasteiger partial charge in [-0.25, -0.2) is 4.79 Å². The van der Waals surface area contributed by atoms with E-state index in [4.69, 9.17) is 14.2 Å². The summed E-state index contributed by atoms with van der Waals surface area (Å²) < 4.78 is 18.3. The number of carbonyl (C=O) groups is 1. The molecule has 2 amide bonds. The number of anilines is 1. The zero-order valence-corrected chi connectivity index (χ0v) is 17.3. The van der Waals surface area contributed by atoms with Gasteiger partial charge >= 0.3 is 6.03 Å². The number of ether oxygens (including phenoxy) is 3. The highest BCUT2D eigenvalue weighted by Gasteiger charge is 2.32. The Hall–Kier alpha value is -3.61. The van der Waals surface area contributed by atoms with Crippen LogP contribution in [0.1, 0.15) is 17.3 Å². The molecule has 0 radical (unpaired) electrons. The van der Waals surface area contributed by atoms with Gasteiger partial charge in [-0.1, -0.05) is 18.2 Å². The minimum atomic E-state index is -0.212. The van der Waals surface area contributed by atoms with Gasteiger partial charge in [-0.3, -0.25) is 0 Å². The van der Waals surface area contributed by atoms with Crippen LogP contribution >= 0.6 is 0 Å². The molecule has 3 aromatic rings. The molecule has 2 aromatic carbocycles. The van der Waals surface area contributed by atoms with Crippen molar-refractivity contribution in [2.24, 2.45) is 0 Å². The Morgan fingerprint density at radius 2 is 1.73 bits per heavy atom. The van der Waals surface area contributed by atoms with Crippen LogP contribution in [0.3, 0.4) is 0 Å². The van der Waals surface area contributed by atoms with E-state index in [0.29, 0.717) is 23.7 Å². The number of nitrogens with zero attached hydrogens (tertiary/aromatic N) is 2. The first-order chi connectivity index (χ1) is 14.7. The molecule has 1 aromatic heterocycles. The molecule has 156 valence electrons. The molecule has 30 heavy (non-hydrogen) atoms. The zero-order chi connectivity index (χ0) is 21.1. The Kier molecular flexibility index (Phi) is 5.52. The second-order valence-electron chi connectivity index (χ2n) is 6.97. The average Bonchev–Trinajstić information content (AvgIpc) is 3.27. The van der Waals surface area contributed by atoms with Gasteiger partial charge in [0.05, 0.1) is 33.1 Å². The van der Waals surface area contributed by atoms with E-state index in [-0.39, 0.29) is 12.1 Å². The Morgan fingerprint density at radius 1 is 0.933 bits per heavy atom. The summed E-state index contributed by atoms with van der Waals surface area (Å²) in [4.78, 5) is 15.2. The predicted octanol–water partition coefficient (Wildman–Crippen LogP) is 4.15. The van der Waals surface area contributed by atoms with Crippen molar-refractivity contribution in [1.29, 1.82) is 0 Å². The SMILES string of the molecule is COc1ccc([C@H]2c3cccn3CCN2C(=O)Nc2cccc(OC)c2OC)cc1. The van der Waals surface area contributed by atoms with Crippen LogP contribution in [-0.2, 0) is 6.54 Å². The normalized spacial score (nSPS) is 15.3. The second-order valence-corrected chi connectivity index (χ2v) is 6.97. The molecular formula is C23H25N3O4. The van der Waals surface area contributed by atoms with Crippen molar-refractivity contribution in [1.82, 2.24) is 9.47 Å². The molecule has 0 bridgehead atoms. The first kappa shape index (κ1) is 19.7. The Bertz CT molecular complexity index is 1030. The fourth-order valence-corrected chi connectivity index (χ4v) is 3.91. The molecule has 1 N–H and O–H groups in total. The number of aromatic nitrogens is 1. The zero-order valence-electron chi connectivity index (χ0n) is 17.3. The van der Waals surface area contributed by atoms with Gasteiger partial charge in [0, 0.05) is 25.0 Å². The number of para-hydroxylation sites is 1. The van der Waals surface area contributed by atoms with E-state index in [9.17, 15) is 4.79 Å². The van der Waals surface area contributed by atoms with Gasteiger partial charge in [0.1, 0.15) is 5.75 Å². The van der Waals surface area contributed by atoms with E-state index >= 15 is 0 Å². The summed E-state index contributed by atoms with van der Waals surface area (Å²) in [5, 5.41) is 3.00. The van der Waals surface area contributed by atoms with E-state index in [2.05, 4.69) is 16.0 Å². The molecule has 0 spiro atoms. The lowest BCUT2D eigenvalue weighted by molar-refractivity contribution is 0.181. The third kappa shape index (κ3) is 3.54. The average molecular weight is 407 g/mol. The third-order valence-electron chi connectivity index (χ3n) is 5.38. The van der Waals surface area contributed by atoms with Crippen LogP contribution in [0, 0.1) is 0 Å². The van der Waals surface area contributed by atoms with Gasteiger partial charge in [-0.05, 0) is 42.0 Å². The maximum Gasteiger partial charge on any atom is 0.322 e. The van der Waals surface area contributed by atoms with Crippen molar-refractivity contribution >= 4 is 11.7 Å². The summed E-state index contributed by atoms with van der Waals surface area (Å²) >= 11 is 0. The summed E-state index contributed by atoms with van der Waals surface area (Å²) in [6, 6.07) is 16.9. The van der Waals surface area contributed by atoms with Crippen molar-refractivity contribution in [2.45, 2.75) is 12.6 Å². The second kappa shape index (κ2) is 8.41. The maximum absolute atomic E-state index is 13.4. The van der Waals surface area contributed by atoms with Crippen LogP contribution in [0.2, 0.25) is 0 Å². The number of hydrogen-bond donors (Lipinski definition) is 1. The molecule has 7 heteroatoms. The minimum Gasteiger partial charge on any atom is -0.497 e. The van der Waals surface area contributed by atoms with Crippen LogP contribution in [0.15, 0.2) is 60.8 Å². The van der Waals surface area contributed by atoms with Gasteiger partial charge in [-0.15, -0.1) is 0 Å². The van der Waals surface area contributed by atoms with Gasteiger partial charge in [0.15, 0.2) is 11.5 Å². The largest absolute Gasteiger partial charge is 0.497 e. The highest BCUT2D eigenvalue weighted by atomic mass is 16.5. The van der Waals surface area contributed by atoms with E-state index in [1.807, 2.05) is 47.5 Å². The Morgan fingerprint density at radius 3 is 2.43 bits per heavy atom. The van der Waals surface area contributed by atoms with Crippen LogP contribution < -0.4 is 19.5 Å². The first-order valence-electron chi connectivity index (χ1n) is 9.74. The van der Waals surface area contributed by atoms with E-state index < -0.39 is 0 Å². The molecule has 1 atom stereocenters.